The van der Waals surface area contributed by atoms with Crippen molar-refractivity contribution in [3.05, 3.63) is 71.3 Å². The van der Waals surface area contributed by atoms with E-state index in [2.05, 4.69) is 18.7 Å². The summed E-state index contributed by atoms with van der Waals surface area (Å²) in [6.07, 6.45) is 7.83. The maximum absolute atomic E-state index is 9.43. The fourth-order valence-electron chi connectivity index (χ4n) is 1.96. The van der Waals surface area contributed by atoms with Crippen molar-refractivity contribution >= 4 is 11.1 Å². The van der Waals surface area contributed by atoms with E-state index in [-0.39, 0.29) is 0 Å². The SMILES string of the molecule is C=C(C)c1ccc(/C(C#N)=C(C)/C=C\C=C/C)c(C)c1. The van der Waals surface area contributed by atoms with Gasteiger partial charge in [-0.15, -0.1) is 0 Å². The van der Waals surface area contributed by atoms with Crippen LogP contribution in [0.1, 0.15) is 37.5 Å². The molecular weight excluding hydrogens is 242 g/mol. The third kappa shape index (κ3) is 3.83. The van der Waals surface area contributed by atoms with E-state index in [1.54, 1.807) is 0 Å². The summed E-state index contributed by atoms with van der Waals surface area (Å²) in [5.74, 6) is 0. The van der Waals surface area contributed by atoms with E-state index in [9.17, 15) is 5.26 Å². The van der Waals surface area contributed by atoms with Crippen LogP contribution in [0, 0.1) is 18.3 Å². The molecule has 0 saturated carbocycles. The van der Waals surface area contributed by atoms with Gasteiger partial charge in [0.1, 0.15) is 6.07 Å². The molecule has 0 amide bonds. The van der Waals surface area contributed by atoms with Crippen molar-refractivity contribution in [2.24, 2.45) is 0 Å². The molecule has 0 heterocycles. The lowest BCUT2D eigenvalue weighted by molar-refractivity contribution is 1.38. The topological polar surface area (TPSA) is 23.8 Å². The highest BCUT2D eigenvalue weighted by Crippen LogP contribution is 2.25. The summed E-state index contributed by atoms with van der Waals surface area (Å²) in [5, 5.41) is 9.43. The quantitative estimate of drug-likeness (QED) is 0.523. The molecule has 20 heavy (non-hydrogen) atoms. The Morgan fingerprint density at radius 2 is 1.95 bits per heavy atom. The summed E-state index contributed by atoms with van der Waals surface area (Å²) >= 11 is 0. The first-order valence-electron chi connectivity index (χ1n) is 6.68. The van der Waals surface area contributed by atoms with Crippen LogP contribution in [-0.2, 0) is 0 Å². The molecule has 1 rings (SSSR count). The number of aryl methyl sites for hydroxylation is 1. The van der Waals surface area contributed by atoms with Gasteiger partial charge >= 0.3 is 0 Å². The van der Waals surface area contributed by atoms with Gasteiger partial charge in [-0.25, -0.2) is 0 Å². The van der Waals surface area contributed by atoms with Crippen molar-refractivity contribution in [2.45, 2.75) is 27.7 Å². The maximum atomic E-state index is 9.43. The van der Waals surface area contributed by atoms with Gasteiger partial charge in [-0.2, -0.15) is 5.26 Å². The normalized spacial score (nSPS) is 12.6. The molecule has 0 radical (unpaired) electrons. The molecular formula is C19H21N. The maximum Gasteiger partial charge on any atom is 0.100 e. The van der Waals surface area contributed by atoms with E-state index in [1.165, 1.54) is 0 Å². The standard InChI is InChI=1S/C19H21N/c1-6-7-8-9-15(4)19(13-20)18-11-10-17(14(2)3)12-16(18)5/h6-12H,2H2,1,3-5H3/b7-6-,9-8-,19-15+. The summed E-state index contributed by atoms with van der Waals surface area (Å²) in [6, 6.07) is 8.42. The van der Waals surface area contributed by atoms with Crippen LogP contribution < -0.4 is 0 Å². The molecule has 0 aromatic heterocycles. The molecule has 0 unspecified atom stereocenters. The number of nitriles is 1. The molecule has 0 spiro atoms. The van der Waals surface area contributed by atoms with Crippen molar-refractivity contribution in [1.82, 2.24) is 0 Å². The van der Waals surface area contributed by atoms with Gasteiger partial charge in [0.2, 0.25) is 0 Å². The molecule has 1 heteroatoms. The molecule has 0 aliphatic heterocycles. The highest BCUT2D eigenvalue weighted by atomic mass is 14.3. The first-order chi connectivity index (χ1) is 9.51. The fourth-order valence-corrected chi connectivity index (χ4v) is 1.96. The van der Waals surface area contributed by atoms with E-state index in [0.29, 0.717) is 0 Å². The van der Waals surface area contributed by atoms with Gasteiger partial charge in [-0.3, -0.25) is 0 Å². The van der Waals surface area contributed by atoms with Gasteiger partial charge in [-0.1, -0.05) is 54.7 Å². The van der Waals surface area contributed by atoms with E-state index >= 15 is 0 Å². The van der Waals surface area contributed by atoms with E-state index in [1.807, 2.05) is 64.1 Å². The molecule has 0 saturated heterocycles. The van der Waals surface area contributed by atoms with Gasteiger partial charge < -0.3 is 0 Å². The molecule has 0 aliphatic carbocycles. The monoisotopic (exact) mass is 263 g/mol. The Morgan fingerprint density at radius 1 is 1.25 bits per heavy atom. The van der Waals surface area contributed by atoms with Crippen molar-refractivity contribution in [3.8, 4) is 6.07 Å². The zero-order valence-electron chi connectivity index (χ0n) is 12.7. The number of benzene rings is 1. The van der Waals surface area contributed by atoms with Crippen molar-refractivity contribution in [2.75, 3.05) is 0 Å². The van der Waals surface area contributed by atoms with E-state index in [4.69, 9.17) is 0 Å². The summed E-state index contributed by atoms with van der Waals surface area (Å²) in [6.45, 7) is 11.9. The third-order valence-electron chi connectivity index (χ3n) is 3.14. The summed E-state index contributed by atoms with van der Waals surface area (Å²) < 4.78 is 0. The zero-order valence-corrected chi connectivity index (χ0v) is 12.7. The van der Waals surface area contributed by atoms with Gasteiger partial charge in [0, 0.05) is 0 Å². The summed E-state index contributed by atoms with van der Waals surface area (Å²) in [4.78, 5) is 0. The van der Waals surface area contributed by atoms with E-state index in [0.717, 1.165) is 33.4 Å². The predicted octanol–water partition coefficient (Wildman–Crippen LogP) is 5.46. The molecule has 1 aromatic rings. The largest absolute Gasteiger partial charge is 0.192 e. The number of allylic oxidation sites excluding steroid dienone is 7. The van der Waals surface area contributed by atoms with Crippen LogP contribution in [0.2, 0.25) is 0 Å². The van der Waals surface area contributed by atoms with Crippen LogP contribution in [0.15, 0.2) is 54.7 Å². The second kappa shape index (κ2) is 7.31. The zero-order chi connectivity index (χ0) is 15.1. The van der Waals surface area contributed by atoms with Crippen molar-refractivity contribution in [3.63, 3.8) is 0 Å². The lowest BCUT2D eigenvalue weighted by Crippen LogP contribution is -1.91. The first kappa shape index (κ1) is 15.7. The molecule has 0 fully saturated rings. The highest BCUT2D eigenvalue weighted by Gasteiger charge is 2.08. The molecule has 0 N–H and O–H groups in total. The lowest BCUT2D eigenvalue weighted by Gasteiger charge is -2.09. The average molecular weight is 263 g/mol. The summed E-state index contributed by atoms with van der Waals surface area (Å²) in [5.41, 5.74) is 5.92. The second-order valence-corrected chi connectivity index (χ2v) is 4.86. The van der Waals surface area contributed by atoms with Crippen molar-refractivity contribution < 1.29 is 0 Å². The Balaban J connectivity index is 3.30. The Morgan fingerprint density at radius 3 is 2.45 bits per heavy atom. The Bertz CT molecular complexity index is 634. The highest BCUT2D eigenvalue weighted by molar-refractivity contribution is 5.83. The molecule has 1 aromatic carbocycles. The first-order valence-corrected chi connectivity index (χ1v) is 6.68. The third-order valence-corrected chi connectivity index (χ3v) is 3.14. The van der Waals surface area contributed by atoms with Crippen molar-refractivity contribution in [1.29, 1.82) is 5.26 Å². The van der Waals surface area contributed by atoms with Crippen LogP contribution in [0.4, 0.5) is 0 Å². The van der Waals surface area contributed by atoms with Crippen LogP contribution in [0.25, 0.3) is 11.1 Å². The molecule has 0 aliphatic rings. The van der Waals surface area contributed by atoms with E-state index < -0.39 is 0 Å². The molecule has 0 bridgehead atoms. The number of hydrogen-bond donors (Lipinski definition) is 0. The van der Waals surface area contributed by atoms with Gasteiger partial charge in [0.15, 0.2) is 0 Å². The number of nitrogens with zero attached hydrogens (tertiary/aromatic N) is 1. The Kier molecular flexibility index (Phi) is 5.74. The second-order valence-electron chi connectivity index (χ2n) is 4.86. The smallest absolute Gasteiger partial charge is 0.100 e. The predicted molar refractivity (Wildman–Crippen MR) is 88.0 cm³/mol. The fraction of sp³-hybridized carbons (Fsp3) is 0.211. The molecule has 102 valence electrons. The molecule has 0 atom stereocenters. The van der Waals surface area contributed by atoms with Gasteiger partial charge in [0.25, 0.3) is 0 Å². The van der Waals surface area contributed by atoms with Crippen LogP contribution in [0.5, 0.6) is 0 Å². The van der Waals surface area contributed by atoms with Gasteiger partial charge in [-0.05, 0) is 50.0 Å². The average Bonchev–Trinajstić information content (AvgIpc) is 2.41. The Hall–Kier alpha value is -2.33. The minimum Gasteiger partial charge on any atom is -0.192 e. The van der Waals surface area contributed by atoms with Gasteiger partial charge in [0.05, 0.1) is 5.57 Å². The van der Waals surface area contributed by atoms with Crippen LogP contribution in [0.3, 0.4) is 0 Å². The number of hydrogen-bond acceptors (Lipinski definition) is 1. The minimum atomic E-state index is 0.719. The molecule has 1 nitrogen and oxygen atoms in total. The number of rotatable bonds is 4. The lowest BCUT2D eigenvalue weighted by atomic mass is 9.94. The minimum absolute atomic E-state index is 0.719. The van der Waals surface area contributed by atoms with Crippen LogP contribution >= 0.6 is 0 Å². The van der Waals surface area contributed by atoms with Crippen LogP contribution in [-0.4, -0.2) is 0 Å². The Labute approximate surface area is 122 Å². The summed E-state index contributed by atoms with van der Waals surface area (Å²) in [7, 11) is 0.